The van der Waals surface area contributed by atoms with Crippen LogP contribution in [0.4, 0.5) is 4.79 Å². The van der Waals surface area contributed by atoms with Crippen LogP contribution >= 0.6 is 15.9 Å². The average Bonchev–Trinajstić information content (AvgIpc) is 2.66. The zero-order valence-corrected chi connectivity index (χ0v) is 12.6. The summed E-state index contributed by atoms with van der Waals surface area (Å²) in [6.45, 7) is 5.62. The maximum absolute atomic E-state index is 11.5. The van der Waals surface area contributed by atoms with Crippen LogP contribution in [0.1, 0.15) is 26.7 Å². The second kappa shape index (κ2) is 5.21. The van der Waals surface area contributed by atoms with E-state index in [0.29, 0.717) is 11.5 Å². The first-order valence-corrected chi connectivity index (χ1v) is 6.64. The molecule has 0 unspecified atom stereocenters. The Morgan fingerprint density at radius 2 is 2.21 bits per heavy atom. The standard InChI is InChI=1S/C13H15BrN2O3/c1-13(2,3)19-12(17)15-7-11-16-9-6-8(14)4-5-10(9)18-11/h4-6H,7H2,1-3H3,(H,15,17). The molecular formula is C13H15BrN2O3. The van der Waals surface area contributed by atoms with Crippen LogP contribution in [0.3, 0.4) is 0 Å². The predicted octanol–water partition coefficient (Wildman–Crippen LogP) is 3.62. The number of oxazole rings is 1. The van der Waals surface area contributed by atoms with Gasteiger partial charge in [0.05, 0.1) is 6.54 Å². The fraction of sp³-hybridized carbons (Fsp3) is 0.385. The molecule has 6 heteroatoms. The van der Waals surface area contributed by atoms with Crippen LogP contribution in [0, 0.1) is 0 Å². The highest BCUT2D eigenvalue weighted by Crippen LogP contribution is 2.20. The van der Waals surface area contributed by atoms with Gasteiger partial charge in [0.25, 0.3) is 0 Å². The average molecular weight is 327 g/mol. The number of rotatable bonds is 2. The highest BCUT2D eigenvalue weighted by Gasteiger charge is 2.16. The van der Waals surface area contributed by atoms with E-state index in [0.717, 1.165) is 9.99 Å². The van der Waals surface area contributed by atoms with Gasteiger partial charge in [-0.05, 0) is 39.0 Å². The van der Waals surface area contributed by atoms with E-state index in [1.807, 2.05) is 39.0 Å². The molecule has 1 heterocycles. The number of benzene rings is 1. The van der Waals surface area contributed by atoms with Gasteiger partial charge >= 0.3 is 6.09 Å². The third-order valence-electron chi connectivity index (χ3n) is 2.18. The van der Waals surface area contributed by atoms with Crippen molar-refractivity contribution >= 4 is 33.1 Å². The monoisotopic (exact) mass is 326 g/mol. The minimum Gasteiger partial charge on any atom is -0.444 e. The predicted molar refractivity (Wildman–Crippen MR) is 74.8 cm³/mol. The summed E-state index contributed by atoms with van der Waals surface area (Å²) in [6.07, 6.45) is -0.490. The lowest BCUT2D eigenvalue weighted by atomic mass is 10.2. The fourth-order valence-electron chi connectivity index (χ4n) is 1.49. The number of hydrogen-bond acceptors (Lipinski definition) is 4. The topological polar surface area (TPSA) is 64.4 Å². The molecule has 1 aromatic carbocycles. The van der Waals surface area contributed by atoms with E-state index >= 15 is 0 Å². The second-order valence-corrected chi connectivity index (χ2v) is 5.99. The summed E-state index contributed by atoms with van der Waals surface area (Å²) < 4.78 is 11.6. The van der Waals surface area contributed by atoms with Gasteiger partial charge in [0, 0.05) is 4.47 Å². The molecule has 0 spiro atoms. The summed E-state index contributed by atoms with van der Waals surface area (Å²) in [5.74, 6) is 0.443. The largest absolute Gasteiger partial charge is 0.444 e. The molecule has 0 saturated heterocycles. The van der Waals surface area contributed by atoms with Crippen molar-refractivity contribution in [2.75, 3.05) is 0 Å². The Balaban J connectivity index is 2.00. The molecular weight excluding hydrogens is 312 g/mol. The van der Waals surface area contributed by atoms with Gasteiger partial charge in [-0.15, -0.1) is 0 Å². The molecule has 0 saturated carbocycles. The molecule has 19 heavy (non-hydrogen) atoms. The molecule has 1 aromatic heterocycles. The number of nitrogens with zero attached hydrogens (tertiary/aromatic N) is 1. The number of hydrogen-bond donors (Lipinski definition) is 1. The molecule has 0 atom stereocenters. The number of amides is 1. The van der Waals surface area contributed by atoms with Gasteiger partial charge in [-0.1, -0.05) is 15.9 Å². The van der Waals surface area contributed by atoms with Crippen molar-refractivity contribution in [3.05, 3.63) is 28.6 Å². The zero-order valence-electron chi connectivity index (χ0n) is 11.0. The number of ether oxygens (including phenoxy) is 1. The second-order valence-electron chi connectivity index (χ2n) is 5.08. The lowest BCUT2D eigenvalue weighted by Crippen LogP contribution is -2.32. The molecule has 0 radical (unpaired) electrons. The van der Waals surface area contributed by atoms with Crippen LogP contribution in [-0.2, 0) is 11.3 Å². The summed E-state index contributed by atoms with van der Waals surface area (Å²) in [4.78, 5) is 15.8. The Hall–Kier alpha value is -1.56. The van der Waals surface area contributed by atoms with Crippen molar-refractivity contribution in [2.24, 2.45) is 0 Å². The Morgan fingerprint density at radius 3 is 2.89 bits per heavy atom. The van der Waals surface area contributed by atoms with Crippen LogP contribution in [0.25, 0.3) is 11.1 Å². The maximum atomic E-state index is 11.5. The lowest BCUT2D eigenvalue weighted by molar-refractivity contribution is 0.0519. The van der Waals surface area contributed by atoms with E-state index in [-0.39, 0.29) is 6.54 Å². The van der Waals surface area contributed by atoms with Gasteiger partial charge < -0.3 is 14.5 Å². The summed E-state index contributed by atoms with van der Waals surface area (Å²) in [5, 5.41) is 2.60. The van der Waals surface area contributed by atoms with Gasteiger partial charge in [0.15, 0.2) is 5.58 Å². The molecule has 0 aliphatic rings. The number of halogens is 1. The Kier molecular flexibility index (Phi) is 3.80. The number of carbonyl (C=O) groups is 1. The Morgan fingerprint density at radius 1 is 1.47 bits per heavy atom. The van der Waals surface area contributed by atoms with E-state index in [1.54, 1.807) is 0 Å². The number of carbonyl (C=O) groups excluding carboxylic acids is 1. The first kappa shape index (κ1) is 13.9. The van der Waals surface area contributed by atoms with Gasteiger partial charge in [0.2, 0.25) is 5.89 Å². The first-order chi connectivity index (χ1) is 8.83. The van der Waals surface area contributed by atoms with Gasteiger partial charge in [-0.2, -0.15) is 0 Å². The quantitative estimate of drug-likeness (QED) is 0.915. The molecule has 2 rings (SSSR count). The summed E-state index contributed by atoms with van der Waals surface area (Å²) in [6, 6.07) is 5.55. The molecule has 102 valence electrons. The van der Waals surface area contributed by atoms with Crippen molar-refractivity contribution in [1.82, 2.24) is 10.3 Å². The van der Waals surface area contributed by atoms with Crippen molar-refractivity contribution < 1.29 is 13.9 Å². The molecule has 0 aliphatic heterocycles. The smallest absolute Gasteiger partial charge is 0.408 e. The minimum absolute atomic E-state index is 0.196. The highest BCUT2D eigenvalue weighted by molar-refractivity contribution is 9.10. The molecule has 1 amide bonds. The van der Waals surface area contributed by atoms with E-state index < -0.39 is 11.7 Å². The van der Waals surface area contributed by atoms with Crippen LogP contribution in [0.15, 0.2) is 27.1 Å². The van der Waals surface area contributed by atoms with Gasteiger partial charge in [-0.25, -0.2) is 9.78 Å². The molecule has 1 N–H and O–H groups in total. The molecule has 2 aromatic rings. The number of nitrogens with one attached hydrogen (secondary N) is 1. The van der Waals surface area contributed by atoms with Crippen molar-refractivity contribution in [3.63, 3.8) is 0 Å². The van der Waals surface area contributed by atoms with Gasteiger partial charge in [-0.3, -0.25) is 0 Å². The van der Waals surface area contributed by atoms with Crippen LogP contribution in [0.5, 0.6) is 0 Å². The summed E-state index contributed by atoms with van der Waals surface area (Å²) in [7, 11) is 0. The van der Waals surface area contributed by atoms with E-state index in [4.69, 9.17) is 9.15 Å². The third-order valence-corrected chi connectivity index (χ3v) is 2.67. The Bertz CT molecular complexity index is 601. The molecule has 0 bridgehead atoms. The van der Waals surface area contributed by atoms with Gasteiger partial charge in [0.1, 0.15) is 11.1 Å². The van der Waals surface area contributed by atoms with Crippen molar-refractivity contribution in [3.8, 4) is 0 Å². The minimum atomic E-state index is -0.518. The fourth-order valence-corrected chi connectivity index (χ4v) is 1.83. The number of fused-ring (bicyclic) bond motifs is 1. The molecule has 5 nitrogen and oxygen atoms in total. The van der Waals surface area contributed by atoms with E-state index in [1.165, 1.54) is 0 Å². The zero-order chi connectivity index (χ0) is 14.0. The maximum Gasteiger partial charge on any atom is 0.408 e. The Labute approximate surface area is 119 Å². The molecule has 0 fully saturated rings. The normalized spacial score (nSPS) is 11.6. The van der Waals surface area contributed by atoms with Crippen LogP contribution in [0.2, 0.25) is 0 Å². The summed E-state index contributed by atoms with van der Waals surface area (Å²) >= 11 is 3.37. The highest BCUT2D eigenvalue weighted by atomic mass is 79.9. The number of alkyl carbamates (subject to hydrolysis) is 1. The van der Waals surface area contributed by atoms with Crippen molar-refractivity contribution in [2.45, 2.75) is 32.9 Å². The summed E-state index contributed by atoms with van der Waals surface area (Å²) in [5.41, 5.74) is 0.913. The van der Waals surface area contributed by atoms with E-state index in [2.05, 4.69) is 26.2 Å². The van der Waals surface area contributed by atoms with Crippen LogP contribution < -0.4 is 5.32 Å². The van der Waals surface area contributed by atoms with E-state index in [9.17, 15) is 4.79 Å². The van der Waals surface area contributed by atoms with Crippen molar-refractivity contribution in [1.29, 1.82) is 0 Å². The lowest BCUT2D eigenvalue weighted by Gasteiger charge is -2.19. The SMILES string of the molecule is CC(C)(C)OC(=O)NCc1nc2cc(Br)ccc2o1. The third kappa shape index (κ3) is 3.96. The number of aromatic nitrogens is 1. The molecule has 0 aliphatic carbocycles. The van der Waals surface area contributed by atoms with Crippen LogP contribution in [-0.4, -0.2) is 16.7 Å². The first-order valence-electron chi connectivity index (χ1n) is 5.85.